The largest absolute Gasteiger partial charge is 0.396 e. The van der Waals surface area contributed by atoms with Crippen LogP contribution in [0, 0.1) is 0 Å². The van der Waals surface area contributed by atoms with Gasteiger partial charge in [-0.25, -0.2) is 0 Å². The van der Waals surface area contributed by atoms with Gasteiger partial charge in [-0.15, -0.1) is 0 Å². The molecule has 1 amide bonds. The smallest absolute Gasteiger partial charge is 0.251 e. The van der Waals surface area contributed by atoms with Gasteiger partial charge in [0.15, 0.2) is 0 Å². The third-order valence-corrected chi connectivity index (χ3v) is 5.14. The van der Waals surface area contributed by atoms with Gasteiger partial charge in [0, 0.05) is 24.2 Å². The topological polar surface area (TPSA) is 88.2 Å². The molecule has 1 aliphatic carbocycles. The van der Waals surface area contributed by atoms with Crippen LogP contribution < -0.4 is 5.32 Å². The Labute approximate surface area is 163 Å². The zero-order valence-electron chi connectivity index (χ0n) is 15.8. The van der Waals surface area contributed by atoms with Gasteiger partial charge in [-0.2, -0.15) is 4.98 Å². The molecule has 1 aliphatic rings. The summed E-state index contributed by atoms with van der Waals surface area (Å²) in [7, 11) is 0. The summed E-state index contributed by atoms with van der Waals surface area (Å²) in [6, 6.07) is 13.5. The van der Waals surface area contributed by atoms with Crippen LogP contribution in [0.25, 0.3) is 11.4 Å². The molecule has 0 fully saturated rings. The Morgan fingerprint density at radius 2 is 2.18 bits per heavy atom. The number of aryl methyl sites for hydroxylation is 2. The fraction of sp³-hybridized carbons (Fsp3) is 0.318. The molecule has 0 unspecified atom stereocenters. The fourth-order valence-corrected chi connectivity index (χ4v) is 3.66. The number of carbonyl (C=O) groups excluding carboxylic acids is 1. The molecule has 2 N–H and O–H groups in total. The summed E-state index contributed by atoms with van der Waals surface area (Å²) in [4.78, 5) is 17.1. The predicted octanol–water partition coefficient (Wildman–Crippen LogP) is 3.25. The molecular weight excluding hydrogens is 354 g/mol. The Balaban J connectivity index is 1.50. The van der Waals surface area contributed by atoms with Gasteiger partial charge in [0.1, 0.15) is 0 Å². The minimum Gasteiger partial charge on any atom is -0.396 e. The highest BCUT2D eigenvalue weighted by atomic mass is 16.5. The van der Waals surface area contributed by atoms with Crippen LogP contribution >= 0.6 is 0 Å². The van der Waals surface area contributed by atoms with Crippen molar-refractivity contribution in [3.05, 3.63) is 70.6 Å². The van der Waals surface area contributed by atoms with E-state index in [0.717, 1.165) is 29.5 Å². The maximum atomic E-state index is 12.7. The third kappa shape index (κ3) is 3.68. The second kappa shape index (κ2) is 7.94. The summed E-state index contributed by atoms with van der Waals surface area (Å²) in [6.07, 6.45) is 3.03. The summed E-state index contributed by atoms with van der Waals surface area (Å²) in [5.74, 6) is 1.14. The lowest BCUT2D eigenvalue weighted by molar-refractivity contribution is 0.0936. The van der Waals surface area contributed by atoms with Gasteiger partial charge >= 0.3 is 0 Å². The van der Waals surface area contributed by atoms with Gasteiger partial charge in [0.25, 0.3) is 5.91 Å². The normalized spacial score (nSPS) is 15.4. The number of aliphatic hydroxyl groups is 1. The molecule has 0 bridgehead atoms. The molecule has 1 aromatic heterocycles. The monoisotopic (exact) mass is 377 g/mol. The lowest BCUT2D eigenvalue weighted by atomic mass is 10.0. The SMILES string of the molecule is CCc1nc(-c2ccc3c(c2)CC[C@H]3NC(=O)c2cccc(CCO)c2)no1. The number of hydrogen-bond donors (Lipinski definition) is 2. The van der Waals surface area contributed by atoms with Crippen molar-refractivity contribution in [1.29, 1.82) is 0 Å². The molecule has 0 saturated carbocycles. The molecule has 1 heterocycles. The van der Waals surface area contributed by atoms with Crippen LogP contribution in [-0.4, -0.2) is 27.8 Å². The summed E-state index contributed by atoms with van der Waals surface area (Å²) in [6.45, 7) is 2.05. The van der Waals surface area contributed by atoms with E-state index in [1.807, 2.05) is 37.3 Å². The van der Waals surface area contributed by atoms with Crippen molar-refractivity contribution in [2.24, 2.45) is 0 Å². The van der Waals surface area contributed by atoms with E-state index in [-0.39, 0.29) is 18.6 Å². The maximum Gasteiger partial charge on any atom is 0.251 e. The number of aromatic nitrogens is 2. The van der Waals surface area contributed by atoms with Crippen molar-refractivity contribution in [2.45, 2.75) is 38.6 Å². The Kier molecular flexibility index (Phi) is 5.21. The van der Waals surface area contributed by atoms with Gasteiger partial charge in [-0.05, 0) is 54.2 Å². The second-order valence-electron chi connectivity index (χ2n) is 7.02. The number of rotatable bonds is 6. The van der Waals surface area contributed by atoms with E-state index in [9.17, 15) is 4.79 Å². The summed E-state index contributed by atoms with van der Waals surface area (Å²) < 4.78 is 5.20. The van der Waals surface area contributed by atoms with Crippen LogP contribution in [0.5, 0.6) is 0 Å². The number of nitrogens with zero attached hydrogens (tertiary/aromatic N) is 2. The van der Waals surface area contributed by atoms with E-state index in [1.54, 1.807) is 6.07 Å². The van der Waals surface area contributed by atoms with Gasteiger partial charge in [-0.1, -0.05) is 36.3 Å². The number of nitrogens with one attached hydrogen (secondary N) is 1. The van der Waals surface area contributed by atoms with Crippen LogP contribution in [0.1, 0.15) is 52.3 Å². The zero-order chi connectivity index (χ0) is 19.5. The highest BCUT2D eigenvalue weighted by molar-refractivity contribution is 5.94. The van der Waals surface area contributed by atoms with Crippen LogP contribution in [0.15, 0.2) is 47.0 Å². The first-order valence-corrected chi connectivity index (χ1v) is 9.64. The summed E-state index contributed by atoms with van der Waals surface area (Å²) in [5.41, 5.74) is 4.86. The van der Waals surface area contributed by atoms with Crippen molar-refractivity contribution in [2.75, 3.05) is 6.61 Å². The van der Waals surface area contributed by atoms with E-state index in [2.05, 4.69) is 21.5 Å². The second-order valence-corrected chi connectivity index (χ2v) is 7.02. The van der Waals surface area contributed by atoms with Crippen LogP contribution in [0.3, 0.4) is 0 Å². The Morgan fingerprint density at radius 3 is 2.96 bits per heavy atom. The lowest BCUT2D eigenvalue weighted by Crippen LogP contribution is -2.27. The Bertz CT molecular complexity index is 996. The van der Waals surface area contributed by atoms with E-state index < -0.39 is 0 Å². The molecule has 6 nitrogen and oxygen atoms in total. The van der Waals surface area contributed by atoms with Crippen molar-refractivity contribution in [3.8, 4) is 11.4 Å². The Morgan fingerprint density at radius 1 is 1.29 bits per heavy atom. The van der Waals surface area contributed by atoms with Gasteiger partial charge < -0.3 is 14.9 Å². The molecule has 144 valence electrons. The van der Waals surface area contributed by atoms with Crippen LogP contribution in [0.4, 0.5) is 0 Å². The number of benzene rings is 2. The van der Waals surface area contributed by atoms with E-state index in [4.69, 9.17) is 9.63 Å². The Hall–Kier alpha value is -2.99. The number of aliphatic hydroxyl groups excluding tert-OH is 1. The van der Waals surface area contributed by atoms with Crippen LogP contribution in [0.2, 0.25) is 0 Å². The minimum atomic E-state index is -0.0903. The highest BCUT2D eigenvalue weighted by Crippen LogP contribution is 2.34. The molecule has 0 saturated heterocycles. The molecule has 28 heavy (non-hydrogen) atoms. The molecular formula is C22H23N3O3. The summed E-state index contributed by atoms with van der Waals surface area (Å²) in [5, 5.41) is 16.3. The van der Waals surface area contributed by atoms with Gasteiger partial charge in [0.2, 0.25) is 11.7 Å². The first kappa shape index (κ1) is 18.4. The highest BCUT2D eigenvalue weighted by Gasteiger charge is 2.25. The first-order valence-electron chi connectivity index (χ1n) is 9.64. The summed E-state index contributed by atoms with van der Waals surface area (Å²) >= 11 is 0. The molecule has 1 atom stereocenters. The molecule has 3 aromatic rings. The number of amides is 1. The molecule has 4 rings (SSSR count). The first-order chi connectivity index (χ1) is 13.7. The van der Waals surface area contributed by atoms with Crippen molar-refractivity contribution in [1.82, 2.24) is 15.5 Å². The van der Waals surface area contributed by atoms with Crippen LogP contribution in [-0.2, 0) is 19.3 Å². The van der Waals surface area contributed by atoms with Crippen molar-refractivity contribution >= 4 is 5.91 Å². The average Bonchev–Trinajstić information content (AvgIpc) is 3.35. The minimum absolute atomic E-state index is 0.00508. The van der Waals surface area contributed by atoms with E-state index >= 15 is 0 Å². The number of hydrogen-bond acceptors (Lipinski definition) is 5. The number of carbonyl (C=O) groups is 1. The molecule has 0 aliphatic heterocycles. The van der Waals surface area contributed by atoms with Crippen molar-refractivity contribution < 1.29 is 14.4 Å². The van der Waals surface area contributed by atoms with Gasteiger partial charge in [-0.3, -0.25) is 4.79 Å². The standard InChI is InChI=1S/C22H23N3O3/c1-2-20-24-21(25-28-20)16-6-8-18-15(13-16)7-9-19(18)23-22(27)17-5-3-4-14(12-17)10-11-26/h3-6,8,12-13,19,26H,2,7,9-11H2,1H3,(H,23,27)/t19-/m1/s1. The zero-order valence-corrected chi connectivity index (χ0v) is 15.8. The lowest BCUT2D eigenvalue weighted by Gasteiger charge is -2.15. The predicted molar refractivity (Wildman–Crippen MR) is 105 cm³/mol. The van der Waals surface area contributed by atoms with Gasteiger partial charge in [0.05, 0.1) is 6.04 Å². The molecule has 6 heteroatoms. The van der Waals surface area contributed by atoms with Crippen molar-refractivity contribution in [3.63, 3.8) is 0 Å². The van der Waals surface area contributed by atoms with E-state index in [0.29, 0.717) is 30.1 Å². The average molecular weight is 377 g/mol. The molecule has 0 spiro atoms. The molecule has 2 aromatic carbocycles. The molecule has 0 radical (unpaired) electrons. The maximum absolute atomic E-state index is 12.7. The fourth-order valence-electron chi connectivity index (χ4n) is 3.66. The van der Waals surface area contributed by atoms with E-state index in [1.165, 1.54) is 5.56 Å². The third-order valence-electron chi connectivity index (χ3n) is 5.14. The number of fused-ring (bicyclic) bond motifs is 1. The quantitative estimate of drug-likeness (QED) is 0.688.